The van der Waals surface area contributed by atoms with E-state index in [0.29, 0.717) is 18.4 Å². The van der Waals surface area contributed by atoms with E-state index in [1.807, 2.05) is 6.92 Å². The molecule has 1 saturated carbocycles. The van der Waals surface area contributed by atoms with Crippen molar-refractivity contribution in [2.45, 2.75) is 59.0 Å². The molecule has 22 heavy (non-hydrogen) atoms. The molecule has 2 amide bonds. The summed E-state index contributed by atoms with van der Waals surface area (Å²) >= 11 is 0. The largest absolute Gasteiger partial charge is 0.355 e. The summed E-state index contributed by atoms with van der Waals surface area (Å²) in [5.41, 5.74) is 6.15. The molecule has 0 aromatic carbocycles. The lowest BCUT2D eigenvalue weighted by atomic mass is 9.72. The highest BCUT2D eigenvalue weighted by Crippen LogP contribution is 2.33. The van der Waals surface area contributed by atoms with Crippen LogP contribution in [0.25, 0.3) is 0 Å². The van der Waals surface area contributed by atoms with Crippen LogP contribution in [0.1, 0.15) is 47.0 Å². The summed E-state index contributed by atoms with van der Waals surface area (Å²) in [5, 5.41) is 5.99. The third-order valence-electron chi connectivity index (χ3n) is 5.61. The SMILES string of the molecule is CC1CC(N)C(C)C(C(=O)NCC2C(=O)NC(C)CC2C)C1. The first-order valence-electron chi connectivity index (χ1n) is 8.63. The number of amides is 2. The third-order valence-corrected chi connectivity index (χ3v) is 5.61. The first-order chi connectivity index (χ1) is 10.3. The predicted molar refractivity (Wildman–Crippen MR) is 86.9 cm³/mol. The van der Waals surface area contributed by atoms with Gasteiger partial charge in [-0.25, -0.2) is 0 Å². The van der Waals surface area contributed by atoms with Crippen molar-refractivity contribution in [2.75, 3.05) is 6.54 Å². The molecule has 1 aliphatic heterocycles. The van der Waals surface area contributed by atoms with Crippen molar-refractivity contribution in [1.82, 2.24) is 10.6 Å². The topological polar surface area (TPSA) is 84.2 Å². The van der Waals surface area contributed by atoms with Gasteiger partial charge in [0.15, 0.2) is 0 Å². The summed E-state index contributed by atoms with van der Waals surface area (Å²) < 4.78 is 0. The number of rotatable bonds is 3. The second-order valence-corrected chi connectivity index (χ2v) is 7.68. The van der Waals surface area contributed by atoms with Gasteiger partial charge in [0.2, 0.25) is 11.8 Å². The average molecular weight is 309 g/mol. The fraction of sp³-hybridized carbons (Fsp3) is 0.882. The van der Waals surface area contributed by atoms with Crippen molar-refractivity contribution >= 4 is 11.8 Å². The Bertz CT molecular complexity index is 426. The lowest BCUT2D eigenvalue weighted by Crippen LogP contribution is -2.52. The van der Waals surface area contributed by atoms with Gasteiger partial charge in [0.05, 0.1) is 5.92 Å². The Morgan fingerprint density at radius 3 is 2.55 bits per heavy atom. The maximum atomic E-state index is 12.5. The minimum atomic E-state index is -0.120. The minimum Gasteiger partial charge on any atom is -0.355 e. The van der Waals surface area contributed by atoms with Gasteiger partial charge in [-0.05, 0) is 43.9 Å². The van der Waals surface area contributed by atoms with E-state index < -0.39 is 0 Å². The number of carbonyl (C=O) groups excluding carboxylic acids is 2. The van der Waals surface area contributed by atoms with Crippen LogP contribution in [0.15, 0.2) is 0 Å². The van der Waals surface area contributed by atoms with Crippen molar-refractivity contribution in [3.8, 4) is 0 Å². The van der Waals surface area contributed by atoms with Gasteiger partial charge in [0, 0.05) is 24.5 Å². The van der Waals surface area contributed by atoms with E-state index in [0.717, 1.165) is 19.3 Å². The maximum absolute atomic E-state index is 12.5. The van der Waals surface area contributed by atoms with Crippen LogP contribution >= 0.6 is 0 Å². The predicted octanol–water partition coefficient (Wildman–Crippen LogP) is 1.27. The van der Waals surface area contributed by atoms with E-state index in [1.54, 1.807) is 0 Å². The summed E-state index contributed by atoms with van der Waals surface area (Å²) in [6, 6.07) is 0.323. The van der Waals surface area contributed by atoms with Gasteiger partial charge in [-0.2, -0.15) is 0 Å². The van der Waals surface area contributed by atoms with Crippen LogP contribution in [0.3, 0.4) is 0 Å². The monoisotopic (exact) mass is 309 g/mol. The molecule has 1 saturated heterocycles. The molecule has 1 heterocycles. The van der Waals surface area contributed by atoms with Crippen molar-refractivity contribution < 1.29 is 9.59 Å². The number of nitrogens with two attached hydrogens (primary N) is 1. The molecule has 5 heteroatoms. The van der Waals surface area contributed by atoms with Gasteiger partial charge >= 0.3 is 0 Å². The van der Waals surface area contributed by atoms with Crippen LogP contribution < -0.4 is 16.4 Å². The summed E-state index contributed by atoms with van der Waals surface area (Å²) in [5.74, 6) is 0.966. The number of piperidine rings is 1. The fourth-order valence-corrected chi connectivity index (χ4v) is 4.09. The number of hydrogen-bond donors (Lipinski definition) is 3. The molecule has 126 valence electrons. The highest BCUT2D eigenvalue weighted by Gasteiger charge is 2.37. The summed E-state index contributed by atoms with van der Waals surface area (Å²) in [6.07, 6.45) is 2.85. The Labute approximate surface area is 133 Å². The molecule has 2 aliphatic rings. The van der Waals surface area contributed by atoms with Gasteiger partial charge in [-0.3, -0.25) is 9.59 Å². The maximum Gasteiger partial charge on any atom is 0.225 e. The van der Waals surface area contributed by atoms with Crippen molar-refractivity contribution in [3.05, 3.63) is 0 Å². The first kappa shape index (κ1) is 17.3. The van der Waals surface area contributed by atoms with E-state index in [-0.39, 0.29) is 41.7 Å². The van der Waals surface area contributed by atoms with Gasteiger partial charge < -0.3 is 16.4 Å². The first-order valence-corrected chi connectivity index (χ1v) is 8.63. The van der Waals surface area contributed by atoms with Crippen LogP contribution in [0.4, 0.5) is 0 Å². The second kappa shape index (κ2) is 6.99. The lowest BCUT2D eigenvalue weighted by molar-refractivity contribution is -0.131. The van der Waals surface area contributed by atoms with E-state index in [2.05, 4.69) is 31.4 Å². The summed E-state index contributed by atoms with van der Waals surface area (Å²) in [7, 11) is 0. The van der Waals surface area contributed by atoms with Gasteiger partial charge in [0.1, 0.15) is 0 Å². The van der Waals surface area contributed by atoms with Crippen LogP contribution in [0.5, 0.6) is 0 Å². The molecule has 7 atom stereocenters. The Morgan fingerprint density at radius 2 is 1.91 bits per heavy atom. The van der Waals surface area contributed by atoms with Gasteiger partial charge in [-0.15, -0.1) is 0 Å². The lowest BCUT2D eigenvalue weighted by Gasteiger charge is -2.37. The van der Waals surface area contributed by atoms with Crippen LogP contribution in [0, 0.1) is 29.6 Å². The third kappa shape index (κ3) is 3.80. The van der Waals surface area contributed by atoms with E-state index >= 15 is 0 Å². The van der Waals surface area contributed by atoms with Crippen LogP contribution in [-0.2, 0) is 9.59 Å². The fourth-order valence-electron chi connectivity index (χ4n) is 4.09. The molecule has 2 rings (SSSR count). The zero-order valence-electron chi connectivity index (χ0n) is 14.3. The number of hydrogen-bond acceptors (Lipinski definition) is 3. The average Bonchev–Trinajstić information content (AvgIpc) is 2.41. The van der Waals surface area contributed by atoms with Crippen molar-refractivity contribution in [3.63, 3.8) is 0 Å². The quantitative estimate of drug-likeness (QED) is 0.734. The summed E-state index contributed by atoms with van der Waals surface area (Å²) in [6.45, 7) is 8.77. The Balaban J connectivity index is 1.90. The Hall–Kier alpha value is -1.10. The molecule has 0 bridgehead atoms. The molecular weight excluding hydrogens is 278 g/mol. The molecule has 0 aromatic heterocycles. The molecular formula is C17H31N3O2. The zero-order chi connectivity index (χ0) is 16.4. The molecule has 2 fully saturated rings. The molecule has 0 radical (unpaired) electrons. The van der Waals surface area contributed by atoms with Crippen molar-refractivity contribution in [1.29, 1.82) is 0 Å². The Kier molecular flexibility index (Phi) is 5.48. The highest BCUT2D eigenvalue weighted by molar-refractivity contribution is 5.82. The van der Waals surface area contributed by atoms with E-state index in [9.17, 15) is 9.59 Å². The van der Waals surface area contributed by atoms with Crippen LogP contribution in [0.2, 0.25) is 0 Å². The molecule has 0 aromatic rings. The number of carbonyl (C=O) groups is 2. The van der Waals surface area contributed by atoms with Crippen molar-refractivity contribution in [2.24, 2.45) is 35.3 Å². The number of nitrogens with one attached hydrogen (secondary N) is 2. The molecule has 0 spiro atoms. The summed E-state index contributed by atoms with van der Waals surface area (Å²) in [4.78, 5) is 24.6. The van der Waals surface area contributed by atoms with Gasteiger partial charge in [-0.1, -0.05) is 20.8 Å². The second-order valence-electron chi connectivity index (χ2n) is 7.68. The normalized spacial score (nSPS) is 42.6. The van der Waals surface area contributed by atoms with Crippen LogP contribution in [-0.4, -0.2) is 30.4 Å². The van der Waals surface area contributed by atoms with E-state index in [1.165, 1.54) is 0 Å². The minimum absolute atomic E-state index is 0.0281. The smallest absolute Gasteiger partial charge is 0.225 e. The van der Waals surface area contributed by atoms with E-state index in [4.69, 9.17) is 5.73 Å². The molecule has 5 nitrogen and oxygen atoms in total. The molecule has 1 aliphatic carbocycles. The zero-order valence-corrected chi connectivity index (χ0v) is 14.3. The standard InChI is InChI=1S/C17H31N3O2/c1-9-5-13(12(4)15(18)6-9)16(21)19-8-14-10(2)7-11(3)20-17(14)22/h9-15H,5-8,18H2,1-4H3,(H,19,21)(H,20,22). The highest BCUT2D eigenvalue weighted by atomic mass is 16.2. The Morgan fingerprint density at radius 1 is 1.23 bits per heavy atom. The molecule has 4 N–H and O–H groups in total. The van der Waals surface area contributed by atoms with Gasteiger partial charge in [0.25, 0.3) is 0 Å². The molecule has 7 unspecified atom stereocenters.